The Hall–Kier alpha value is -1.03. The Morgan fingerprint density at radius 3 is 2.53 bits per heavy atom. The molecule has 3 nitrogen and oxygen atoms in total. The quantitative estimate of drug-likeness (QED) is 0.920. The van der Waals surface area contributed by atoms with Crippen LogP contribution in [0.25, 0.3) is 0 Å². The molecule has 1 N–H and O–H groups in total. The summed E-state index contributed by atoms with van der Waals surface area (Å²) in [5, 5.41) is 8.89. The first kappa shape index (κ1) is 12.0. The zero-order valence-corrected chi connectivity index (χ0v) is 10.5. The highest BCUT2D eigenvalue weighted by Gasteiger charge is 2.29. The summed E-state index contributed by atoms with van der Waals surface area (Å²) in [5.74, 6) is -0.425. The molecule has 0 spiro atoms. The van der Waals surface area contributed by atoms with Crippen molar-refractivity contribution in [1.82, 2.24) is 0 Å². The van der Waals surface area contributed by atoms with Gasteiger partial charge in [0.2, 0.25) is 0 Å². The Kier molecular flexibility index (Phi) is 3.39. The molecule has 0 amide bonds. The number of halogens is 1. The van der Waals surface area contributed by atoms with Crippen LogP contribution in [0.5, 0.6) is 5.75 Å². The van der Waals surface area contributed by atoms with Gasteiger partial charge in [0, 0.05) is 4.47 Å². The van der Waals surface area contributed by atoms with Crippen LogP contribution in [0, 0.1) is 6.92 Å². The van der Waals surface area contributed by atoms with E-state index in [1.54, 1.807) is 12.1 Å². The predicted octanol–water partition coefficient (Wildman–Crippen LogP) is 3.00. The minimum absolute atomic E-state index is 0.558. The van der Waals surface area contributed by atoms with Gasteiger partial charge in [0.1, 0.15) is 5.75 Å². The topological polar surface area (TPSA) is 46.5 Å². The normalized spacial score (nSPS) is 11.2. The number of carboxylic acid groups (broad SMARTS) is 1. The van der Waals surface area contributed by atoms with Gasteiger partial charge in [0.25, 0.3) is 0 Å². The summed E-state index contributed by atoms with van der Waals surface area (Å²) in [6.07, 6.45) is 0. The highest BCUT2D eigenvalue weighted by Crippen LogP contribution is 2.24. The molecule has 1 aromatic rings. The van der Waals surface area contributed by atoms with Crippen LogP contribution < -0.4 is 4.74 Å². The van der Waals surface area contributed by atoms with Crippen LogP contribution in [0.3, 0.4) is 0 Å². The monoisotopic (exact) mass is 272 g/mol. The van der Waals surface area contributed by atoms with Crippen LogP contribution in [0.1, 0.15) is 19.4 Å². The van der Waals surface area contributed by atoms with Crippen LogP contribution in [0.2, 0.25) is 0 Å². The second-order valence-electron chi connectivity index (χ2n) is 3.83. The van der Waals surface area contributed by atoms with E-state index < -0.39 is 11.6 Å². The number of hydrogen-bond donors (Lipinski definition) is 1. The lowest BCUT2D eigenvalue weighted by atomic mass is 10.1. The number of hydrogen-bond acceptors (Lipinski definition) is 2. The summed E-state index contributed by atoms with van der Waals surface area (Å²) < 4.78 is 6.35. The summed E-state index contributed by atoms with van der Waals surface area (Å²) in [7, 11) is 0. The third kappa shape index (κ3) is 2.96. The fraction of sp³-hybridized carbons (Fsp3) is 0.364. The zero-order valence-electron chi connectivity index (χ0n) is 8.87. The average Bonchev–Trinajstić information content (AvgIpc) is 2.10. The summed E-state index contributed by atoms with van der Waals surface area (Å²) in [6.45, 7) is 4.96. The molecule has 0 saturated carbocycles. The molecule has 82 valence electrons. The second-order valence-corrected chi connectivity index (χ2v) is 4.68. The first-order valence-electron chi connectivity index (χ1n) is 4.51. The molecule has 0 saturated heterocycles. The number of aliphatic carboxylic acids is 1. The lowest BCUT2D eigenvalue weighted by Crippen LogP contribution is -2.37. The molecule has 0 heterocycles. The van der Waals surface area contributed by atoms with E-state index in [0.29, 0.717) is 5.75 Å². The van der Waals surface area contributed by atoms with Crippen LogP contribution in [0.4, 0.5) is 0 Å². The van der Waals surface area contributed by atoms with Crippen LogP contribution in [-0.4, -0.2) is 16.7 Å². The van der Waals surface area contributed by atoms with Crippen molar-refractivity contribution in [3.05, 3.63) is 28.2 Å². The molecule has 0 aliphatic rings. The van der Waals surface area contributed by atoms with Gasteiger partial charge in [0.15, 0.2) is 5.60 Å². The molecule has 0 radical (unpaired) electrons. The largest absolute Gasteiger partial charge is 0.478 e. The van der Waals surface area contributed by atoms with Crippen LogP contribution in [0.15, 0.2) is 22.7 Å². The summed E-state index contributed by atoms with van der Waals surface area (Å²) in [5.41, 5.74) is -0.200. The van der Waals surface area contributed by atoms with Gasteiger partial charge in [-0.3, -0.25) is 0 Å². The Labute approximate surface area is 97.2 Å². The maximum Gasteiger partial charge on any atom is 0.347 e. The Morgan fingerprint density at radius 2 is 2.07 bits per heavy atom. The molecule has 1 rings (SSSR count). The molecule has 4 heteroatoms. The molecular formula is C11H13BrO3. The van der Waals surface area contributed by atoms with E-state index in [4.69, 9.17) is 9.84 Å². The van der Waals surface area contributed by atoms with Gasteiger partial charge < -0.3 is 9.84 Å². The molecule has 15 heavy (non-hydrogen) atoms. The Morgan fingerprint density at radius 1 is 1.47 bits per heavy atom. The van der Waals surface area contributed by atoms with Gasteiger partial charge in [-0.05, 0) is 44.5 Å². The Bertz CT molecular complexity index is 385. The van der Waals surface area contributed by atoms with Gasteiger partial charge in [-0.15, -0.1) is 0 Å². The second kappa shape index (κ2) is 4.23. The van der Waals surface area contributed by atoms with Crippen molar-refractivity contribution < 1.29 is 14.6 Å². The number of carbonyl (C=O) groups is 1. The number of carboxylic acids is 1. The number of rotatable bonds is 3. The van der Waals surface area contributed by atoms with Gasteiger partial charge in [-0.25, -0.2) is 4.79 Å². The molecule has 0 aliphatic carbocycles. The van der Waals surface area contributed by atoms with Crippen molar-refractivity contribution in [2.75, 3.05) is 0 Å². The smallest absolute Gasteiger partial charge is 0.347 e. The third-order valence-electron chi connectivity index (χ3n) is 2.02. The van der Waals surface area contributed by atoms with Crippen molar-refractivity contribution in [2.45, 2.75) is 26.4 Å². The average molecular weight is 273 g/mol. The summed E-state index contributed by atoms with van der Waals surface area (Å²) in [6, 6.07) is 5.37. The molecule has 0 fully saturated rings. The molecule has 0 atom stereocenters. The zero-order chi connectivity index (χ0) is 11.6. The van der Waals surface area contributed by atoms with E-state index >= 15 is 0 Å². The SMILES string of the molecule is Cc1cc(OC(C)(C)C(=O)O)ccc1Br. The van der Waals surface area contributed by atoms with E-state index in [1.807, 2.05) is 13.0 Å². The van der Waals surface area contributed by atoms with Gasteiger partial charge >= 0.3 is 5.97 Å². The van der Waals surface area contributed by atoms with E-state index in [9.17, 15) is 4.79 Å². The van der Waals surface area contributed by atoms with Crippen molar-refractivity contribution in [3.63, 3.8) is 0 Å². The van der Waals surface area contributed by atoms with E-state index in [-0.39, 0.29) is 0 Å². The molecule has 0 aromatic heterocycles. The highest BCUT2D eigenvalue weighted by atomic mass is 79.9. The maximum atomic E-state index is 10.8. The van der Waals surface area contributed by atoms with Gasteiger partial charge in [-0.2, -0.15) is 0 Å². The highest BCUT2D eigenvalue weighted by molar-refractivity contribution is 9.10. The maximum absolute atomic E-state index is 10.8. The molecule has 1 aromatic carbocycles. The van der Waals surface area contributed by atoms with Gasteiger partial charge in [-0.1, -0.05) is 15.9 Å². The minimum atomic E-state index is -1.21. The lowest BCUT2D eigenvalue weighted by molar-refractivity contribution is -0.152. The number of ether oxygens (including phenoxy) is 1. The van der Waals surface area contributed by atoms with Crippen LogP contribution >= 0.6 is 15.9 Å². The minimum Gasteiger partial charge on any atom is -0.478 e. The number of benzene rings is 1. The van der Waals surface area contributed by atoms with E-state index in [0.717, 1.165) is 10.0 Å². The molecular weight excluding hydrogens is 260 g/mol. The van der Waals surface area contributed by atoms with Crippen molar-refractivity contribution in [2.24, 2.45) is 0 Å². The third-order valence-corrected chi connectivity index (χ3v) is 2.91. The van der Waals surface area contributed by atoms with E-state index in [1.165, 1.54) is 13.8 Å². The first-order chi connectivity index (χ1) is 6.83. The molecule has 0 unspecified atom stereocenters. The van der Waals surface area contributed by atoms with Crippen molar-refractivity contribution in [1.29, 1.82) is 0 Å². The predicted molar refractivity (Wildman–Crippen MR) is 61.2 cm³/mol. The fourth-order valence-corrected chi connectivity index (χ4v) is 1.27. The lowest BCUT2D eigenvalue weighted by Gasteiger charge is -2.21. The van der Waals surface area contributed by atoms with Crippen LogP contribution in [-0.2, 0) is 4.79 Å². The van der Waals surface area contributed by atoms with Crippen molar-refractivity contribution >= 4 is 21.9 Å². The van der Waals surface area contributed by atoms with Gasteiger partial charge in [0.05, 0.1) is 0 Å². The Balaban J connectivity index is 2.91. The first-order valence-corrected chi connectivity index (χ1v) is 5.31. The summed E-state index contributed by atoms with van der Waals surface area (Å²) >= 11 is 3.37. The molecule has 0 bridgehead atoms. The summed E-state index contributed by atoms with van der Waals surface area (Å²) in [4.78, 5) is 10.8. The standard InChI is InChI=1S/C11H13BrO3/c1-7-6-8(4-5-9(7)12)15-11(2,3)10(13)14/h4-6H,1-3H3,(H,13,14). The number of aryl methyl sites for hydroxylation is 1. The molecule has 0 aliphatic heterocycles. The van der Waals surface area contributed by atoms with E-state index in [2.05, 4.69) is 15.9 Å². The van der Waals surface area contributed by atoms with Crippen molar-refractivity contribution in [3.8, 4) is 5.75 Å². The fourth-order valence-electron chi connectivity index (χ4n) is 1.02.